The van der Waals surface area contributed by atoms with Crippen molar-refractivity contribution in [1.82, 2.24) is 4.72 Å². The fourth-order valence-corrected chi connectivity index (χ4v) is 3.29. The van der Waals surface area contributed by atoms with E-state index in [9.17, 15) is 12.8 Å². The van der Waals surface area contributed by atoms with Crippen LogP contribution in [0, 0.1) is 5.82 Å². The van der Waals surface area contributed by atoms with Gasteiger partial charge in [-0.1, -0.05) is 24.3 Å². The van der Waals surface area contributed by atoms with Crippen LogP contribution >= 0.6 is 0 Å². The molecular formula is C15H17FN2O2S. The minimum Gasteiger partial charge on any atom is -0.326 e. The summed E-state index contributed by atoms with van der Waals surface area (Å²) in [6, 6.07) is 11.7. The lowest BCUT2D eigenvalue weighted by Gasteiger charge is -2.15. The summed E-state index contributed by atoms with van der Waals surface area (Å²) in [4.78, 5) is 0.147. The molecule has 3 N–H and O–H groups in total. The summed E-state index contributed by atoms with van der Waals surface area (Å²) < 4.78 is 40.4. The standard InChI is InChI=1S/C15H17FN2O2S/c1-11(13-5-3-6-14(16)9-13)18-21(19,20)15-7-2-4-12(8-15)10-17/h2-9,11,18H,10,17H2,1H3. The van der Waals surface area contributed by atoms with Crippen LogP contribution in [0.5, 0.6) is 0 Å². The molecule has 112 valence electrons. The van der Waals surface area contributed by atoms with Gasteiger partial charge in [-0.05, 0) is 42.3 Å². The predicted octanol–water partition coefficient (Wildman–Crippen LogP) is 2.32. The van der Waals surface area contributed by atoms with Crippen molar-refractivity contribution in [2.24, 2.45) is 5.73 Å². The van der Waals surface area contributed by atoms with Crippen molar-refractivity contribution in [3.05, 3.63) is 65.5 Å². The minimum atomic E-state index is -3.68. The van der Waals surface area contributed by atoms with Crippen LogP contribution in [0.4, 0.5) is 4.39 Å². The van der Waals surface area contributed by atoms with Crippen molar-refractivity contribution in [3.63, 3.8) is 0 Å². The van der Waals surface area contributed by atoms with Gasteiger partial charge in [-0.2, -0.15) is 0 Å². The van der Waals surface area contributed by atoms with Gasteiger partial charge in [-0.25, -0.2) is 17.5 Å². The Balaban J connectivity index is 2.24. The summed E-state index contributed by atoms with van der Waals surface area (Å²) in [6.45, 7) is 1.93. The Morgan fingerprint density at radius 3 is 2.57 bits per heavy atom. The second-order valence-electron chi connectivity index (χ2n) is 4.75. The first-order valence-corrected chi connectivity index (χ1v) is 7.97. The van der Waals surface area contributed by atoms with E-state index in [1.807, 2.05) is 0 Å². The second kappa shape index (κ2) is 6.34. The maximum Gasteiger partial charge on any atom is 0.241 e. The van der Waals surface area contributed by atoms with Crippen LogP contribution in [0.25, 0.3) is 0 Å². The van der Waals surface area contributed by atoms with Gasteiger partial charge < -0.3 is 5.73 Å². The highest BCUT2D eigenvalue weighted by molar-refractivity contribution is 7.89. The largest absolute Gasteiger partial charge is 0.326 e. The molecule has 0 saturated heterocycles. The van der Waals surface area contributed by atoms with Crippen molar-refractivity contribution in [2.75, 3.05) is 0 Å². The van der Waals surface area contributed by atoms with E-state index < -0.39 is 21.9 Å². The average Bonchev–Trinajstić information content (AvgIpc) is 2.47. The molecule has 1 unspecified atom stereocenters. The van der Waals surface area contributed by atoms with Crippen LogP contribution in [-0.4, -0.2) is 8.42 Å². The number of halogens is 1. The topological polar surface area (TPSA) is 72.2 Å². The molecule has 0 aliphatic heterocycles. The first-order chi connectivity index (χ1) is 9.92. The molecule has 0 bridgehead atoms. The van der Waals surface area contributed by atoms with E-state index in [4.69, 9.17) is 5.73 Å². The van der Waals surface area contributed by atoms with Crippen molar-refractivity contribution in [1.29, 1.82) is 0 Å². The van der Waals surface area contributed by atoms with E-state index in [2.05, 4.69) is 4.72 Å². The summed E-state index contributed by atoms with van der Waals surface area (Å²) in [5.74, 6) is -0.399. The molecule has 1 atom stereocenters. The SMILES string of the molecule is CC(NS(=O)(=O)c1cccc(CN)c1)c1cccc(F)c1. The number of hydrogen-bond acceptors (Lipinski definition) is 3. The van der Waals surface area contributed by atoms with Crippen molar-refractivity contribution in [2.45, 2.75) is 24.4 Å². The molecular weight excluding hydrogens is 291 g/mol. The summed E-state index contributed by atoms with van der Waals surface area (Å²) in [6.07, 6.45) is 0. The Kier molecular flexibility index (Phi) is 4.72. The first-order valence-electron chi connectivity index (χ1n) is 6.49. The monoisotopic (exact) mass is 308 g/mol. The third-order valence-electron chi connectivity index (χ3n) is 3.13. The molecule has 0 amide bonds. The molecule has 2 rings (SSSR count). The van der Waals surface area contributed by atoms with E-state index in [-0.39, 0.29) is 11.4 Å². The predicted molar refractivity (Wildman–Crippen MR) is 79.5 cm³/mol. The highest BCUT2D eigenvalue weighted by atomic mass is 32.2. The summed E-state index contributed by atoms with van der Waals surface area (Å²) in [5, 5.41) is 0. The Hall–Kier alpha value is -1.76. The molecule has 6 heteroatoms. The van der Waals surface area contributed by atoms with Gasteiger partial charge >= 0.3 is 0 Å². The summed E-state index contributed by atoms with van der Waals surface area (Å²) in [7, 11) is -3.68. The zero-order valence-corrected chi connectivity index (χ0v) is 12.4. The average molecular weight is 308 g/mol. The maximum atomic E-state index is 13.2. The van der Waals surface area contributed by atoms with Gasteiger partial charge in [0.25, 0.3) is 0 Å². The zero-order valence-electron chi connectivity index (χ0n) is 11.6. The fourth-order valence-electron chi connectivity index (χ4n) is 1.98. The van der Waals surface area contributed by atoms with Crippen LogP contribution < -0.4 is 10.5 Å². The molecule has 0 aliphatic carbocycles. The Morgan fingerprint density at radius 1 is 1.19 bits per heavy atom. The lowest BCUT2D eigenvalue weighted by Crippen LogP contribution is -2.27. The van der Waals surface area contributed by atoms with E-state index in [1.54, 1.807) is 31.2 Å². The van der Waals surface area contributed by atoms with Crippen LogP contribution in [-0.2, 0) is 16.6 Å². The highest BCUT2D eigenvalue weighted by Gasteiger charge is 2.18. The molecule has 0 radical (unpaired) electrons. The Labute approximate surface area is 123 Å². The van der Waals surface area contributed by atoms with Crippen LogP contribution in [0.3, 0.4) is 0 Å². The van der Waals surface area contributed by atoms with Gasteiger partial charge in [0, 0.05) is 12.6 Å². The van der Waals surface area contributed by atoms with Crippen LogP contribution in [0.15, 0.2) is 53.4 Å². The third-order valence-corrected chi connectivity index (χ3v) is 4.66. The molecule has 0 saturated carbocycles. The van der Waals surface area contributed by atoms with E-state index >= 15 is 0 Å². The van der Waals surface area contributed by atoms with Crippen molar-refractivity contribution < 1.29 is 12.8 Å². The van der Waals surface area contributed by atoms with Gasteiger partial charge in [0.15, 0.2) is 0 Å². The van der Waals surface area contributed by atoms with Gasteiger partial charge in [0.05, 0.1) is 4.90 Å². The minimum absolute atomic E-state index is 0.147. The van der Waals surface area contributed by atoms with Gasteiger partial charge in [0.2, 0.25) is 10.0 Å². The van der Waals surface area contributed by atoms with E-state index in [0.717, 1.165) is 5.56 Å². The zero-order chi connectivity index (χ0) is 15.5. The Morgan fingerprint density at radius 2 is 1.90 bits per heavy atom. The maximum absolute atomic E-state index is 13.2. The molecule has 0 aliphatic rings. The fraction of sp³-hybridized carbons (Fsp3) is 0.200. The lowest BCUT2D eigenvalue weighted by molar-refractivity contribution is 0.564. The second-order valence-corrected chi connectivity index (χ2v) is 6.46. The molecule has 0 heterocycles. The number of sulfonamides is 1. The van der Waals surface area contributed by atoms with E-state index in [1.165, 1.54) is 24.3 Å². The molecule has 2 aromatic rings. The Bertz CT molecular complexity index is 732. The number of nitrogens with one attached hydrogen (secondary N) is 1. The summed E-state index contributed by atoms with van der Waals surface area (Å²) >= 11 is 0. The molecule has 21 heavy (non-hydrogen) atoms. The van der Waals surface area contributed by atoms with Gasteiger partial charge in [-0.15, -0.1) is 0 Å². The van der Waals surface area contributed by atoms with Crippen LogP contribution in [0.1, 0.15) is 24.1 Å². The number of nitrogens with two attached hydrogens (primary N) is 1. The molecule has 2 aromatic carbocycles. The van der Waals surface area contributed by atoms with E-state index in [0.29, 0.717) is 5.56 Å². The quantitative estimate of drug-likeness (QED) is 0.890. The molecule has 0 spiro atoms. The van der Waals surface area contributed by atoms with Gasteiger partial charge in [-0.3, -0.25) is 0 Å². The van der Waals surface area contributed by atoms with Gasteiger partial charge in [0.1, 0.15) is 5.82 Å². The third kappa shape index (κ3) is 3.87. The molecule has 0 aromatic heterocycles. The number of benzene rings is 2. The lowest BCUT2D eigenvalue weighted by atomic mass is 10.1. The molecule has 4 nitrogen and oxygen atoms in total. The van der Waals surface area contributed by atoms with Crippen molar-refractivity contribution in [3.8, 4) is 0 Å². The number of hydrogen-bond donors (Lipinski definition) is 2. The highest BCUT2D eigenvalue weighted by Crippen LogP contribution is 2.18. The molecule has 0 fully saturated rings. The smallest absolute Gasteiger partial charge is 0.241 e. The first kappa shape index (κ1) is 15.6. The normalized spacial score (nSPS) is 13.1. The van der Waals surface area contributed by atoms with Crippen molar-refractivity contribution >= 4 is 10.0 Å². The number of rotatable bonds is 5. The summed E-state index contributed by atoms with van der Waals surface area (Å²) in [5.41, 5.74) is 6.81. The van der Waals surface area contributed by atoms with Crippen LogP contribution in [0.2, 0.25) is 0 Å².